The zero-order valence-electron chi connectivity index (χ0n) is 14.5. The number of rotatable bonds is 6. The van der Waals surface area contributed by atoms with E-state index in [2.05, 4.69) is 15.5 Å². The van der Waals surface area contributed by atoms with Crippen molar-refractivity contribution in [2.45, 2.75) is 19.9 Å². The van der Waals surface area contributed by atoms with E-state index in [1.165, 1.54) is 24.6 Å². The third-order valence-electron chi connectivity index (χ3n) is 4.51. The molecule has 3 rings (SSSR count). The van der Waals surface area contributed by atoms with Gasteiger partial charge < -0.3 is 15.5 Å². The highest BCUT2D eigenvalue weighted by molar-refractivity contribution is 5.88. The highest BCUT2D eigenvalue weighted by Crippen LogP contribution is 2.23. The van der Waals surface area contributed by atoms with E-state index in [1.807, 2.05) is 36.4 Å². The van der Waals surface area contributed by atoms with Crippen molar-refractivity contribution < 1.29 is 9.18 Å². The van der Waals surface area contributed by atoms with Gasteiger partial charge in [-0.15, -0.1) is 0 Å². The molecule has 0 saturated carbocycles. The van der Waals surface area contributed by atoms with E-state index in [-0.39, 0.29) is 11.7 Å². The molecule has 0 unspecified atom stereocenters. The van der Waals surface area contributed by atoms with Crippen LogP contribution in [0.2, 0.25) is 0 Å². The van der Waals surface area contributed by atoms with Crippen molar-refractivity contribution in [3.63, 3.8) is 0 Å². The molecular formula is C20H24FN3O. The van der Waals surface area contributed by atoms with Gasteiger partial charge in [-0.1, -0.05) is 12.1 Å². The van der Waals surface area contributed by atoms with E-state index in [0.717, 1.165) is 44.0 Å². The molecule has 132 valence electrons. The summed E-state index contributed by atoms with van der Waals surface area (Å²) in [5.74, 6) is 0.354. The maximum absolute atomic E-state index is 13.0. The monoisotopic (exact) mass is 341 g/mol. The third-order valence-corrected chi connectivity index (χ3v) is 4.51. The largest absolute Gasteiger partial charge is 0.371 e. The van der Waals surface area contributed by atoms with E-state index in [0.29, 0.717) is 5.92 Å². The predicted molar refractivity (Wildman–Crippen MR) is 99.2 cm³/mol. The van der Waals surface area contributed by atoms with Gasteiger partial charge in [0.1, 0.15) is 5.82 Å². The van der Waals surface area contributed by atoms with Crippen LogP contribution in [0.5, 0.6) is 0 Å². The Kier molecular flexibility index (Phi) is 5.66. The Morgan fingerprint density at radius 1 is 1.16 bits per heavy atom. The first-order valence-corrected chi connectivity index (χ1v) is 8.68. The van der Waals surface area contributed by atoms with Crippen molar-refractivity contribution in [3.8, 4) is 0 Å². The van der Waals surface area contributed by atoms with E-state index in [1.54, 1.807) is 0 Å². The van der Waals surface area contributed by atoms with E-state index in [9.17, 15) is 9.18 Å². The molecule has 0 spiro atoms. The first-order valence-electron chi connectivity index (χ1n) is 8.68. The number of nitrogens with one attached hydrogen (secondary N) is 2. The molecule has 1 heterocycles. The Balaban J connectivity index is 1.42. The number of carbonyl (C=O) groups excluding carboxylic acids is 1. The fourth-order valence-electron chi connectivity index (χ4n) is 3.22. The summed E-state index contributed by atoms with van der Waals surface area (Å²) in [6, 6.07) is 14.6. The van der Waals surface area contributed by atoms with Crippen LogP contribution in [0, 0.1) is 11.7 Å². The Hall–Kier alpha value is -2.40. The van der Waals surface area contributed by atoms with Crippen LogP contribution >= 0.6 is 0 Å². The number of halogens is 1. The molecule has 2 aromatic carbocycles. The molecule has 0 aromatic heterocycles. The molecule has 1 fully saturated rings. The van der Waals surface area contributed by atoms with Gasteiger partial charge in [-0.05, 0) is 54.3 Å². The van der Waals surface area contributed by atoms with Crippen LogP contribution in [0.4, 0.5) is 15.8 Å². The van der Waals surface area contributed by atoms with Crippen LogP contribution in [0.3, 0.4) is 0 Å². The molecule has 2 aromatic rings. The quantitative estimate of drug-likeness (QED) is 0.846. The van der Waals surface area contributed by atoms with Gasteiger partial charge in [0.05, 0.1) is 0 Å². The molecule has 4 nitrogen and oxygen atoms in total. The number of anilines is 2. The molecule has 5 heteroatoms. The van der Waals surface area contributed by atoms with Gasteiger partial charge in [0.25, 0.3) is 0 Å². The summed E-state index contributed by atoms with van der Waals surface area (Å²) < 4.78 is 13.0. The van der Waals surface area contributed by atoms with Crippen LogP contribution in [0.1, 0.15) is 18.9 Å². The van der Waals surface area contributed by atoms with Gasteiger partial charge >= 0.3 is 0 Å². The number of nitrogens with zero attached hydrogens (tertiary/aromatic N) is 1. The van der Waals surface area contributed by atoms with Crippen LogP contribution < -0.4 is 15.5 Å². The number of amides is 1. The summed E-state index contributed by atoms with van der Waals surface area (Å²) in [7, 11) is 0. The lowest BCUT2D eigenvalue weighted by molar-refractivity contribution is -0.114. The van der Waals surface area contributed by atoms with Gasteiger partial charge in [-0.2, -0.15) is 0 Å². The minimum Gasteiger partial charge on any atom is -0.371 e. The van der Waals surface area contributed by atoms with Gasteiger partial charge in [-0.3, -0.25) is 4.79 Å². The first-order chi connectivity index (χ1) is 12.1. The summed E-state index contributed by atoms with van der Waals surface area (Å²) in [5.41, 5.74) is 3.11. The average Bonchev–Trinajstić information content (AvgIpc) is 3.05. The summed E-state index contributed by atoms with van der Waals surface area (Å²) >= 11 is 0. The molecule has 1 aliphatic heterocycles. The van der Waals surface area contributed by atoms with Crippen LogP contribution in [0.25, 0.3) is 0 Å². The topological polar surface area (TPSA) is 44.4 Å². The summed E-state index contributed by atoms with van der Waals surface area (Å²) in [6.07, 6.45) is 1.14. The second-order valence-electron chi connectivity index (χ2n) is 6.59. The predicted octanol–water partition coefficient (Wildman–Crippen LogP) is 3.40. The Labute approximate surface area is 148 Å². The molecule has 1 atom stereocenters. The average molecular weight is 341 g/mol. The highest BCUT2D eigenvalue weighted by Gasteiger charge is 2.22. The molecule has 1 amide bonds. The van der Waals surface area contributed by atoms with Gasteiger partial charge in [0.2, 0.25) is 5.91 Å². The van der Waals surface area contributed by atoms with Gasteiger partial charge in [-0.25, -0.2) is 4.39 Å². The van der Waals surface area contributed by atoms with Crippen molar-refractivity contribution in [1.82, 2.24) is 5.32 Å². The van der Waals surface area contributed by atoms with E-state index < -0.39 is 0 Å². The molecule has 0 aliphatic carbocycles. The molecule has 1 aliphatic rings. The number of hydrogen-bond acceptors (Lipinski definition) is 3. The second kappa shape index (κ2) is 8.12. The number of carbonyl (C=O) groups is 1. The summed E-state index contributed by atoms with van der Waals surface area (Å²) in [5, 5.41) is 6.28. The van der Waals surface area contributed by atoms with Gasteiger partial charge in [0, 0.05) is 44.5 Å². The zero-order chi connectivity index (χ0) is 17.6. The molecular weight excluding hydrogens is 317 g/mol. The lowest BCUT2D eigenvalue weighted by atomic mass is 10.1. The molecule has 1 saturated heterocycles. The normalized spacial score (nSPS) is 16.9. The van der Waals surface area contributed by atoms with Crippen LogP contribution in [0.15, 0.2) is 48.5 Å². The first kappa shape index (κ1) is 17.4. The van der Waals surface area contributed by atoms with Crippen LogP contribution in [-0.2, 0) is 11.3 Å². The third kappa shape index (κ3) is 5.03. The highest BCUT2D eigenvalue weighted by atomic mass is 19.1. The van der Waals surface area contributed by atoms with E-state index >= 15 is 0 Å². The minimum atomic E-state index is -0.189. The maximum Gasteiger partial charge on any atom is 0.221 e. The van der Waals surface area contributed by atoms with Crippen molar-refractivity contribution in [2.24, 2.45) is 5.92 Å². The lowest BCUT2D eigenvalue weighted by Crippen LogP contribution is -2.26. The second-order valence-corrected chi connectivity index (χ2v) is 6.59. The number of hydrogen-bond donors (Lipinski definition) is 2. The smallest absolute Gasteiger partial charge is 0.221 e. The minimum absolute atomic E-state index is 0.0576. The molecule has 2 N–H and O–H groups in total. The van der Waals surface area contributed by atoms with Crippen molar-refractivity contribution in [1.29, 1.82) is 0 Å². The molecule has 0 bridgehead atoms. The van der Waals surface area contributed by atoms with Crippen LogP contribution in [-0.4, -0.2) is 25.5 Å². The Morgan fingerprint density at radius 3 is 2.56 bits per heavy atom. The van der Waals surface area contributed by atoms with E-state index in [4.69, 9.17) is 0 Å². The number of benzene rings is 2. The summed E-state index contributed by atoms with van der Waals surface area (Å²) in [6.45, 7) is 5.30. The van der Waals surface area contributed by atoms with Gasteiger partial charge in [0.15, 0.2) is 0 Å². The Morgan fingerprint density at radius 2 is 1.88 bits per heavy atom. The zero-order valence-corrected chi connectivity index (χ0v) is 14.5. The van der Waals surface area contributed by atoms with Crippen molar-refractivity contribution in [3.05, 3.63) is 59.9 Å². The van der Waals surface area contributed by atoms with Crippen molar-refractivity contribution in [2.75, 3.05) is 29.9 Å². The summed E-state index contributed by atoms with van der Waals surface area (Å²) in [4.78, 5) is 13.3. The SMILES string of the molecule is CC(=O)Nc1ccc(CNC[C@H]2CCN(c3ccc(F)cc3)C2)cc1. The van der Waals surface area contributed by atoms with Crippen molar-refractivity contribution >= 4 is 17.3 Å². The standard InChI is InChI=1S/C20H24FN3O/c1-15(25)23-19-6-2-16(3-7-19)12-22-13-17-10-11-24(14-17)20-8-4-18(21)5-9-20/h2-9,17,22H,10-14H2,1H3,(H,23,25)/t17-/m1/s1. The molecule has 25 heavy (non-hydrogen) atoms. The fourth-order valence-corrected chi connectivity index (χ4v) is 3.22. The maximum atomic E-state index is 13.0. The lowest BCUT2D eigenvalue weighted by Gasteiger charge is -2.19. The Bertz CT molecular complexity index is 700. The fraction of sp³-hybridized carbons (Fsp3) is 0.350. The molecule has 0 radical (unpaired) electrons.